The number of amides is 1. The maximum atomic E-state index is 11.2. The van der Waals surface area contributed by atoms with Gasteiger partial charge in [0.05, 0.1) is 19.3 Å². The molecule has 0 aliphatic carbocycles. The topological polar surface area (TPSA) is 76.1 Å². The van der Waals surface area contributed by atoms with E-state index >= 15 is 0 Å². The fourth-order valence-corrected chi connectivity index (χ4v) is 1.22. The van der Waals surface area contributed by atoms with Gasteiger partial charge in [-0.3, -0.25) is 4.79 Å². The van der Waals surface area contributed by atoms with Crippen LogP contribution in [0.4, 0.5) is 5.00 Å². The molecule has 0 aromatic carbocycles. The molecule has 2 N–H and O–H groups in total. The molecule has 1 heterocycles. The smallest absolute Gasteiger partial charge is 0.239 e. The van der Waals surface area contributed by atoms with Gasteiger partial charge >= 0.3 is 0 Å². The Kier molecular flexibility index (Phi) is 5.05. The average molecular weight is 216 g/mol. The van der Waals surface area contributed by atoms with E-state index in [1.165, 1.54) is 6.20 Å². The van der Waals surface area contributed by atoms with Gasteiger partial charge in [-0.15, -0.1) is 5.10 Å². The lowest BCUT2D eigenvalue weighted by Gasteiger charge is -2.03. The largest absolute Gasteiger partial charge is 0.383 e. The second-order valence-electron chi connectivity index (χ2n) is 2.50. The molecule has 7 heteroatoms. The number of anilines is 1. The minimum atomic E-state index is -0.104. The summed E-state index contributed by atoms with van der Waals surface area (Å²) in [5.41, 5.74) is 0. The lowest BCUT2D eigenvalue weighted by molar-refractivity contribution is -0.115. The molecule has 0 atom stereocenters. The van der Waals surface area contributed by atoms with Gasteiger partial charge in [0.2, 0.25) is 5.91 Å². The summed E-state index contributed by atoms with van der Waals surface area (Å²) in [7, 11) is 1.62. The quantitative estimate of drug-likeness (QED) is 0.639. The standard InChI is InChI=1S/C7H12N4O2S/c1-13-3-2-8-4-6(12)10-7-5-9-11-14-7/h5,8H,2-4H2,1H3,(H,10,12). The predicted molar refractivity (Wildman–Crippen MR) is 53.3 cm³/mol. The third kappa shape index (κ3) is 4.26. The van der Waals surface area contributed by atoms with Crippen LogP contribution in [0.5, 0.6) is 0 Å². The zero-order chi connectivity index (χ0) is 10.2. The predicted octanol–water partition coefficient (Wildman–Crippen LogP) is -0.287. The van der Waals surface area contributed by atoms with Gasteiger partial charge in [0.1, 0.15) is 5.00 Å². The maximum absolute atomic E-state index is 11.2. The van der Waals surface area contributed by atoms with Crippen molar-refractivity contribution in [3.05, 3.63) is 6.20 Å². The Morgan fingerprint density at radius 1 is 1.71 bits per heavy atom. The molecule has 0 bridgehead atoms. The Hall–Kier alpha value is -1.05. The van der Waals surface area contributed by atoms with E-state index in [1.54, 1.807) is 7.11 Å². The van der Waals surface area contributed by atoms with E-state index in [-0.39, 0.29) is 12.5 Å². The monoisotopic (exact) mass is 216 g/mol. The highest BCUT2D eigenvalue weighted by atomic mass is 32.1. The first-order valence-electron chi connectivity index (χ1n) is 4.10. The first kappa shape index (κ1) is 11.0. The van der Waals surface area contributed by atoms with Gasteiger partial charge in [0.25, 0.3) is 0 Å². The number of nitrogens with zero attached hydrogens (tertiary/aromatic N) is 2. The number of carbonyl (C=O) groups excluding carboxylic acids is 1. The number of carbonyl (C=O) groups is 1. The summed E-state index contributed by atoms with van der Waals surface area (Å²) in [6, 6.07) is 0. The van der Waals surface area contributed by atoms with Crippen LogP contribution in [-0.4, -0.2) is 42.3 Å². The van der Waals surface area contributed by atoms with Crippen molar-refractivity contribution in [1.82, 2.24) is 14.9 Å². The Labute approximate surface area is 85.8 Å². The van der Waals surface area contributed by atoms with Crippen molar-refractivity contribution in [1.29, 1.82) is 0 Å². The highest BCUT2D eigenvalue weighted by molar-refractivity contribution is 7.10. The number of hydrogen-bond donors (Lipinski definition) is 2. The average Bonchev–Trinajstić information content (AvgIpc) is 2.65. The number of rotatable bonds is 6. The van der Waals surface area contributed by atoms with Crippen molar-refractivity contribution in [2.45, 2.75) is 0 Å². The molecule has 14 heavy (non-hydrogen) atoms. The highest BCUT2D eigenvalue weighted by Crippen LogP contribution is 2.07. The molecule has 0 radical (unpaired) electrons. The van der Waals surface area contributed by atoms with E-state index in [9.17, 15) is 4.79 Å². The maximum Gasteiger partial charge on any atom is 0.239 e. The molecule has 0 fully saturated rings. The van der Waals surface area contributed by atoms with Crippen LogP contribution in [0.2, 0.25) is 0 Å². The van der Waals surface area contributed by atoms with Crippen molar-refractivity contribution in [3.8, 4) is 0 Å². The van der Waals surface area contributed by atoms with Crippen LogP contribution in [0.15, 0.2) is 6.20 Å². The fraction of sp³-hybridized carbons (Fsp3) is 0.571. The van der Waals surface area contributed by atoms with Gasteiger partial charge in [0, 0.05) is 25.2 Å². The summed E-state index contributed by atoms with van der Waals surface area (Å²) < 4.78 is 8.44. The van der Waals surface area contributed by atoms with Gasteiger partial charge in [0.15, 0.2) is 0 Å². The van der Waals surface area contributed by atoms with Gasteiger partial charge in [-0.05, 0) is 0 Å². The van der Waals surface area contributed by atoms with E-state index in [0.717, 1.165) is 11.5 Å². The van der Waals surface area contributed by atoms with Gasteiger partial charge < -0.3 is 15.4 Å². The molecule has 0 aliphatic rings. The van der Waals surface area contributed by atoms with E-state index < -0.39 is 0 Å². The number of nitrogens with one attached hydrogen (secondary N) is 2. The van der Waals surface area contributed by atoms with E-state index in [0.29, 0.717) is 18.2 Å². The third-order valence-electron chi connectivity index (χ3n) is 1.39. The number of hydrogen-bond acceptors (Lipinski definition) is 6. The Morgan fingerprint density at radius 3 is 3.21 bits per heavy atom. The zero-order valence-electron chi connectivity index (χ0n) is 7.82. The molecular weight excluding hydrogens is 204 g/mol. The molecule has 0 unspecified atom stereocenters. The van der Waals surface area contributed by atoms with Crippen LogP contribution in [0.1, 0.15) is 0 Å². The van der Waals surface area contributed by atoms with Crippen molar-refractivity contribution in [2.75, 3.05) is 32.1 Å². The summed E-state index contributed by atoms with van der Waals surface area (Å²) in [5, 5.41) is 9.83. The molecule has 1 rings (SSSR count). The summed E-state index contributed by atoms with van der Waals surface area (Å²) >= 11 is 1.15. The number of methoxy groups -OCH3 is 1. The molecule has 78 valence electrons. The molecule has 0 saturated heterocycles. The van der Waals surface area contributed by atoms with Gasteiger partial charge in [-0.2, -0.15) is 0 Å². The summed E-state index contributed by atoms with van der Waals surface area (Å²) in [4.78, 5) is 11.2. The van der Waals surface area contributed by atoms with Crippen molar-refractivity contribution in [2.24, 2.45) is 0 Å². The molecular formula is C7H12N4O2S. The van der Waals surface area contributed by atoms with Gasteiger partial charge in [-0.25, -0.2) is 0 Å². The van der Waals surface area contributed by atoms with Crippen molar-refractivity contribution in [3.63, 3.8) is 0 Å². The van der Waals surface area contributed by atoms with Crippen LogP contribution in [-0.2, 0) is 9.53 Å². The first-order valence-corrected chi connectivity index (χ1v) is 4.87. The molecule has 6 nitrogen and oxygen atoms in total. The first-order chi connectivity index (χ1) is 6.83. The van der Waals surface area contributed by atoms with E-state index in [2.05, 4.69) is 20.2 Å². The Bertz CT molecular complexity index is 265. The fourth-order valence-electron chi connectivity index (χ4n) is 0.780. The minimum Gasteiger partial charge on any atom is -0.383 e. The lowest BCUT2D eigenvalue weighted by atomic mass is 10.5. The van der Waals surface area contributed by atoms with E-state index in [1.807, 2.05) is 0 Å². The molecule has 1 aromatic heterocycles. The van der Waals surface area contributed by atoms with Crippen molar-refractivity contribution >= 4 is 22.4 Å². The number of aromatic nitrogens is 2. The summed E-state index contributed by atoms with van der Waals surface area (Å²) in [6.45, 7) is 1.52. The molecule has 1 aromatic rings. The van der Waals surface area contributed by atoms with Gasteiger partial charge in [-0.1, -0.05) is 4.49 Å². The highest BCUT2D eigenvalue weighted by Gasteiger charge is 2.02. The van der Waals surface area contributed by atoms with Crippen molar-refractivity contribution < 1.29 is 9.53 Å². The molecule has 1 amide bonds. The SMILES string of the molecule is COCCNCC(=O)Nc1cnns1. The zero-order valence-corrected chi connectivity index (χ0v) is 8.63. The number of ether oxygens (including phenoxy) is 1. The van der Waals surface area contributed by atoms with E-state index in [4.69, 9.17) is 4.74 Å². The normalized spacial score (nSPS) is 10.1. The third-order valence-corrected chi connectivity index (χ3v) is 1.97. The Balaban J connectivity index is 2.11. The van der Waals surface area contributed by atoms with Crippen LogP contribution < -0.4 is 10.6 Å². The molecule has 0 saturated carbocycles. The lowest BCUT2D eigenvalue weighted by Crippen LogP contribution is -2.30. The van der Waals surface area contributed by atoms with Crippen LogP contribution in [0.25, 0.3) is 0 Å². The minimum absolute atomic E-state index is 0.104. The summed E-state index contributed by atoms with van der Waals surface area (Å²) in [6.07, 6.45) is 1.51. The summed E-state index contributed by atoms with van der Waals surface area (Å²) in [5.74, 6) is -0.104. The second kappa shape index (κ2) is 6.41. The van der Waals surface area contributed by atoms with Crippen LogP contribution in [0, 0.1) is 0 Å². The van der Waals surface area contributed by atoms with Crippen LogP contribution >= 0.6 is 11.5 Å². The van der Waals surface area contributed by atoms with Crippen LogP contribution in [0.3, 0.4) is 0 Å². The second-order valence-corrected chi connectivity index (χ2v) is 3.29. The Morgan fingerprint density at radius 2 is 2.57 bits per heavy atom. The molecule has 0 aliphatic heterocycles. The molecule has 0 spiro atoms.